The lowest BCUT2D eigenvalue weighted by molar-refractivity contribution is 0.0526. The Morgan fingerprint density at radius 1 is 1.30 bits per heavy atom. The number of rotatable bonds is 4. The van der Waals surface area contributed by atoms with Gasteiger partial charge in [0.25, 0.3) is 0 Å². The maximum atomic E-state index is 11.7. The van der Waals surface area contributed by atoms with E-state index in [1.54, 1.807) is 36.9 Å². The lowest BCUT2D eigenvalue weighted by atomic mass is 10.2. The van der Waals surface area contributed by atoms with E-state index in [0.717, 1.165) is 23.5 Å². The van der Waals surface area contributed by atoms with Crippen LogP contribution in [0.5, 0.6) is 0 Å². The van der Waals surface area contributed by atoms with Gasteiger partial charge < -0.3 is 15.0 Å². The molecule has 1 aliphatic heterocycles. The van der Waals surface area contributed by atoms with Crippen LogP contribution in [0.15, 0.2) is 42.5 Å². The summed E-state index contributed by atoms with van der Waals surface area (Å²) in [6.07, 6.45) is 0. The van der Waals surface area contributed by atoms with Crippen molar-refractivity contribution in [1.82, 2.24) is 4.90 Å². The van der Waals surface area contributed by atoms with Crippen molar-refractivity contribution in [2.24, 2.45) is 0 Å². The molecule has 1 atom stereocenters. The normalized spacial score (nSPS) is 16.3. The maximum absolute atomic E-state index is 11.7. The van der Waals surface area contributed by atoms with Crippen LogP contribution in [-0.4, -0.2) is 34.9 Å². The molecule has 3 rings (SSSR count). The van der Waals surface area contributed by atoms with Crippen molar-refractivity contribution in [2.45, 2.75) is 12.3 Å². The number of hydrogen-bond acceptors (Lipinski definition) is 4. The zero-order valence-electron chi connectivity index (χ0n) is 14.6. The summed E-state index contributed by atoms with van der Waals surface area (Å²) in [5.74, 6) is 0.618. The van der Waals surface area contributed by atoms with E-state index in [4.69, 9.17) is 40.2 Å². The molecule has 0 aliphatic carbocycles. The van der Waals surface area contributed by atoms with Crippen molar-refractivity contribution in [2.75, 3.05) is 24.2 Å². The molecular weight excluding hydrogens is 423 g/mol. The zero-order chi connectivity index (χ0) is 19.4. The fourth-order valence-corrected chi connectivity index (χ4v) is 5.00. The van der Waals surface area contributed by atoms with E-state index >= 15 is 0 Å². The Hall–Kier alpha value is -1.47. The van der Waals surface area contributed by atoms with Gasteiger partial charge in [-0.05, 0) is 55.5 Å². The van der Waals surface area contributed by atoms with E-state index < -0.39 is 0 Å². The molecule has 1 heterocycles. The number of thioether (sulfide) groups is 1. The van der Waals surface area contributed by atoms with Crippen molar-refractivity contribution >= 4 is 64.0 Å². The summed E-state index contributed by atoms with van der Waals surface area (Å²) in [6.45, 7) is 2.95. The highest BCUT2D eigenvalue weighted by molar-refractivity contribution is 7.99. The first-order valence-electron chi connectivity index (χ1n) is 8.41. The van der Waals surface area contributed by atoms with E-state index in [-0.39, 0.29) is 11.3 Å². The molecule has 1 N–H and O–H groups in total. The molecule has 27 heavy (non-hydrogen) atoms. The molecule has 0 spiro atoms. The van der Waals surface area contributed by atoms with Gasteiger partial charge in [0, 0.05) is 33.6 Å². The highest BCUT2D eigenvalue weighted by Crippen LogP contribution is 2.41. The third-order valence-corrected chi connectivity index (χ3v) is 6.17. The van der Waals surface area contributed by atoms with Gasteiger partial charge in [0.15, 0.2) is 5.11 Å². The molecule has 0 aromatic heterocycles. The molecule has 4 nitrogen and oxygen atoms in total. The van der Waals surface area contributed by atoms with Crippen LogP contribution in [0.3, 0.4) is 0 Å². The van der Waals surface area contributed by atoms with Gasteiger partial charge in [-0.1, -0.05) is 29.3 Å². The van der Waals surface area contributed by atoms with Crippen LogP contribution in [0, 0.1) is 0 Å². The summed E-state index contributed by atoms with van der Waals surface area (Å²) in [4.78, 5) is 13.8. The summed E-state index contributed by atoms with van der Waals surface area (Å²) < 4.78 is 4.99. The molecular formula is C19H18Cl2N2O2S2. The van der Waals surface area contributed by atoms with Crippen molar-refractivity contribution < 1.29 is 9.53 Å². The second-order valence-electron chi connectivity index (χ2n) is 5.81. The summed E-state index contributed by atoms with van der Waals surface area (Å²) in [6, 6.07) is 12.6. The predicted molar refractivity (Wildman–Crippen MR) is 117 cm³/mol. The predicted octanol–water partition coefficient (Wildman–Crippen LogP) is 5.61. The Morgan fingerprint density at radius 2 is 2.04 bits per heavy atom. The van der Waals surface area contributed by atoms with Gasteiger partial charge >= 0.3 is 5.97 Å². The van der Waals surface area contributed by atoms with Gasteiger partial charge in [-0.3, -0.25) is 0 Å². The molecule has 0 radical (unpaired) electrons. The molecule has 1 unspecified atom stereocenters. The largest absolute Gasteiger partial charge is 0.462 e. The van der Waals surface area contributed by atoms with E-state index in [0.29, 0.717) is 27.3 Å². The smallest absolute Gasteiger partial charge is 0.338 e. The Morgan fingerprint density at radius 3 is 2.70 bits per heavy atom. The van der Waals surface area contributed by atoms with Crippen molar-refractivity contribution in [1.29, 1.82) is 0 Å². The highest BCUT2D eigenvalue weighted by atomic mass is 35.5. The number of carbonyl (C=O) groups is 1. The number of carbonyl (C=O) groups excluding carboxylic acids is 1. The minimum absolute atomic E-state index is 0.0357. The van der Waals surface area contributed by atoms with Crippen LogP contribution in [0.1, 0.15) is 28.2 Å². The van der Waals surface area contributed by atoms with E-state index in [1.165, 1.54) is 0 Å². The zero-order valence-corrected chi connectivity index (χ0v) is 17.7. The van der Waals surface area contributed by atoms with Crippen LogP contribution in [-0.2, 0) is 4.74 Å². The fraction of sp³-hybridized carbons (Fsp3) is 0.263. The number of hydrogen-bond donors (Lipinski definition) is 1. The molecule has 0 amide bonds. The average molecular weight is 441 g/mol. The highest BCUT2D eigenvalue weighted by Gasteiger charge is 2.30. The molecule has 0 saturated carbocycles. The molecule has 8 heteroatoms. The number of anilines is 1. The number of nitrogens with one attached hydrogen (secondary N) is 1. The lowest BCUT2D eigenvalue weighted by Gasteiger charge is -2.27. The Bertz CT molecular complexity index is 846. The van der Waals surface area contributed by atoms with Crippen LogP contribution in [0.25, 0.3) is 0 Å². The van der Waals surface area contributed by atoms with Crippen molar-refractivity contribution in [3.8, 4) is 0 Å². The van der Waals surface area contributed by atoms with Gasteiger partial charge in [0.2, 0.25) is 0 Å². The monoisotopic (exact) mass is 440 g/mol. The van der Waals surface area contributed by atoms with Gasteiger partial charge in [-0.2, -0.15) is 0 Å². The van der Waals surface area contributed by atoms with Gasteiger partial charge in [0.05, 0.1) is 12.2 Å². The molecule has 2 aromatic carbocycles. The van der Waals surface area contributed by atoms with Crippen LogP contribution in [0.2, 0.25) is 10.0 Å². The minimum Gasteiger partial charge on any atom is -0.462 e. The standard InChI is InChI=1S/C19H18Cl2N2O2S2/c1-2-25-18(24)12-3-6-14(7-4-12)22-19(26)23-9-10-27-17(23)15-8-5-13(20)11-16(15)21/h3-8,11,17H,2,9-10H2,1H3,(H,22,26). The third-order valence-electron chi connectivity index (χ3n) is 4.03. The van der Waals surface area contributed by atoms with Gasteiger partial charge in [-0.15, -0.1) is 11.8 Å². The Labute approximate surface area is 178 Å². The number of benzene rings is 2. The first-order valence-corrected chi connectivity index (χ1v) is 10.6. The number of halogens is 2. The van der Waals surface area contributed by atoms with Crippen molar-refractivity contribution in [3.63, 3.8) is 0 Å². The van der Waals surface area contributed by atoms with E-state index in [1.807, 2.05) is 24.3 Å². The molecule has 1 saturated heterocycles. The summed E-state index contributed by atoms with van der Waals surface area (Å²) in [5, 5.41) is 5.13. The third kappa shape index (κ3) is 4.88. The summed E-state index contributed by atoms with van der Waals surface area (Å²) >= 11 is 19.8. The number of esters is 1. The molecule has 1 aliphatic rings. The lowest BCUT2D eigenvalue weighted by Crippen LogP contribution is -2.34. The second-order valence-corrected chi connectivity index (χ2v) is 8.23. The number of nitrogens with zero attached hydrogens (tertiary/aromatic N) is 1. The molecule has 1 fully saturated rings. The topological polar surface area (TPSA) is 41.6 Å². The quantitative estimate of drug-likeness (QED) is 0.491. The molecule has 142 valence electrons. The van der Waals surface area contributed by atoms with Gasteiger partial charge in [0.1, 0.15) is 5.37 Å². The molecule has 2 aromatic rings. The SMILES string of the molecule is CCOC(=O)c1ccc(NC(=S)N2CCSC2c2ccc(Cl)cc2Cl)cc1. The van der Waals surface area contributed by atoms with Crippen LogP contribution >= 0.6 is 47.2 Å². The Balaban J connectivity index is 1.70. The fourth-order valence-electron chi connectivity index (χ4n) is 2.74. The Kier molecular flexibility index (Phi) is 6.87. The minimum atomic E-state index is -0.333. The maximum Gasteiger partial charge on any atom is 0.338 e. The summed E-state index contributed by atoms with van der Waals surface area (Å²) in [5.41, 5.74) is 2.31. The van der Waals surface area contributed by atoms with Gasteiger partial charge in [-0.25, -0.2) is 4.79 Å². The number of thiocarbonyl (C=S) groups is 1. The molecule has 0 bridgehead atoms. The average Bonchev–Trinajstić information content (AvgIpc) is 3.12. The second kappa shape index (κ2) is 9.15. The van der Waals surface area contributed by atoms with Crippen LogP contribution < -0.4 is 5.32 Å². The first-order chi connectivity index (χ1) is 13.0. The van der Waals surface area contributed by atoms with E-state index in [2.05, 4.69) is 10.2 Å². The van der Waals surface area contributed by atoms with E-state index in [9.17, 15) is 4.79 Å². The first kappa shape index (κ1) is 20.3. The summed E-state index contributed by atoms with van der Waals surface area (Å²) in [7, 11) is 0. The van der Waals surface area contributed by atoms with Crippen molar-refractivity contribution in [3.05, 3.63) is 63.6 Å². The van der Waals surface area contributed by atoms with Crippen LogP contribution in [0.4, 0.5) is 5.69 Å². The number of ether oxygens (including phenoxy) is 1.